The molecule has 4 rings (SSSR count). The topological polar surface area (TPSA) is 97.2 Å². The second-order valence-corrected chi connectivity index (χ2v) is 9.93. The lowest BCUT2D eigenvalue weighted by Crippen LogP contribution is -2.49. The van der Waals surface area contributed by atoms with Gasteiger partial charge in [-0.2, -0.15) is 10.1 Å². The number of hydrogen-bond acceptors (Lipinski definition) is 6. The normalized spacial score (nSPS) is 32.9. The van der Waals surface area contributed by atoms with E-state index in [1.54, 1.807) is 4.90 Å². The van der Waals surface area contributed by atoms with Gasteiger partial charge >= 0.3 is 0 Å². The number of amides is 1. The number of rotatable bonds is 3. The lowest BCUT2D eigenvalue weighted by molar-refractivity contribution is -0.136. The molecule has 1 amide bonds. The summed E-state index contributed by atoms with van der Waals surface area (Å²) in [6.45, 7) is 1.05. The van der Waals surface area contributed by atoms with Crippen molar-refractivity contribution in [3.8, 4) is 0 Å². The maximum absolute atomic E-state index is 13.5. The zero-order chi connectivity index (χ0) is 19.2. The molecule has 0 unspecified atom stereocenters. The first-order valence-electron chi connectivity index (χ1n) is 9.27. The molecule has 27 heavy (non-hydrogen) atoms. The van der Waals surface area contributed by atoms with Crippen LogP contribution in [-0.2, 0) is 14.6 Å². The molecule has 1 N–H and O–H groups in total. The van der Waals surface area contributed by atoms with E-state index in [0.29, 0.717) is 25.5 Å². The fraction of sp³-hybridized carbons (Fsp3) is 0.812. The largest absolute Gasteiger partial charge is 0.351 e. The summed E-state index contributed by atoms with van der Waals surface area (Å²) >= 11 is 0. The number of nitrogens with zero attached hydrogens (tertiary/aromatic N) is 4. The van der Waals surface area contributed by atoms with Crippen molar-refractivity contribution in [3.05, 3.63) is 6.33 Å². The van der Waals surface area contributed by atoms with Gasteiger partial charge in [0, 0.05) is 19.1 Å². The Kier molecular flexibility index (Phi) is 4.81. The number of carbonyl (C=O) groups excluding carboxylic acids is 1. The lowest BCUT2D eigenvalue weighted by atomic mass is 9.85. The van der Waals surface area contributed by atoms with Crippen LogP contribution in [0.25, 0.3) is 0 Å². The van der Waals surface area contributed by atoms with Crippen LogP contribution in [0.15, 0.2) is 6.33 Å². The van der Waals surface area contributed by atoms with Crippen molar-refractivity contribution in [3.63, 3.8) is 0 Å². The van der Waals surface area contributed by atoms with Crippen LogP contribution in [0.2, 0.25) is 0 Å². The highest BCUT2D eigenvalue weighted by atomic mass is 32.2. The van der Waals surface area contributed by atoms with E-state index in [1.165, 1.54) is 11.0 Å². The number of aromatic nitrogens is 3. The molecule has 1 aromatic rings. The number of halogens is 2. The molecule has 8 nitrogen and oxygen atoms in total. The van der Waals surface area contributed by atoms with Crippen molar-refractivity contribution in [1.82, 2.24) is 19.7 Å². The molecular weight excluding hydrogens is 380 g/mol. The fourth-order valence-corrected chi connectivity index (χ4v) is 6.22. The van der Waals surface area contributed by atoms with Gasteiger partial charge in [-0.25, -0.2) is 21.9 Å². The smallest absolute Gasteiger partial charge is 0.260 e. The molecule has 2 saturated heterocycles. The summed E-state index contributed by atoms with van der Waals surface area (Å²) in [5.41, 5.74) is 0. The van der Waals surface area contributed by atoms with Crippen molar-refractivity contribution in [2.75, 3.05) is 29.9 Å². The molecule has 150 valence electrons. The van der Waals surface area contributed by atoms with Crippen molar-refractivity contribution < 1.29 is 22.0 Å². The molecule has 0 aliphatic carbocycles. The number of alkyl halides is 2. The standard InChI is InChI=1S/C16H23F2N5O3S/c17-14(18)13-6-12(21-16-19-9-20-23(13)16)10-2-1-4-22(7-10)15(24)11-3-5-27(25,26)8-11/h9-14H,1-8H2,(H,19,20,21)/t10-,11-,12-,13+/m0/s1. The Labute approximate surface area is 156 Å². The van der Waals surface area contributed by atoms with Gasteiger partial charge < -0.3 is 10.2 Å². The van der Waals surface area contributed by atoms with E-state index < -0.39 is 28.2 Å². The molecule has 0 saturated carbocycles. The van der Waals surface area contributed by atoms with Crippen LogP contribution < -0.4 is 5.32 Å². The van der Waals surface area contributed by atoms with Crippen molar-refractivity contribution in [2.24, 2.45) is 11.8 Å². The maximum atomic E-state index is 13.5. The number of piperidine rings is 1. The highest BCUT2D eigenvalue weighted by Gasteiger charge is 2.41. The van der Waals surface area contributed by atoms with Gasteiger partial charge in [-0.05, 0) is 31.6 Å². The fourth-order valence-electron chi connectivity index (χ4n) is 4.49. The number of fused-ring (bicyclic) bond motifs is 1. The zero-order valence-electron chi connectivity index (χ0n) is 14.8. The van der Waals surface area contributed by atoms with E-state index in [-0.39, 0.29) is 35.8 Å². The third-order valence-electron chi connectivity index (χ3n) is 5.91. The SMILES string of the molecule is O=C([C@H]1CCS(=O)(=O)C1)N1CCC[C@H]([C@@H]2C[C@H](C(F)F)n3ncnc3N2)C1. The number of carbonyl (C=O) groups is 1. The van der Waals surface area contributed by atoms with E-state index in [1.807, 2.05) is 0 Å². The van der Waals surface area contributed by atoms with Gasteiger partial charge in [0.05, 0.1) is 17.4 Å². The Morgan fingerprint density at radius 1 is 1.33 bits per heavy atom. The van der Waals surface area contributed by atoms with Gasteiger partial charge in [0.25, 0.3) is 6.43 Å². The third kappa shape index (κ3) is 3.65. The summed E-state index contributed by atoms with van der Waals surface area (Å²) in [6.07, 6.45) is 0.922. The predicted octanol–water partition coefficient (Wildman–Crippen LogP) is 0.942. The molecule has 0 spiro atoms. The minimum absolute atomic E-state index is 0.0208. The van der Waals surface area contributed by atoms with Crippen LogP contribution in [-0.4, -0.2) is 71.1 Å². The van der Waals surface area contributed by atoms with Crippen molar-refractivity contribution >= 4 is 21.7 Å². The first kappa shape index (κ1) is 18.6. The summed E-state index contributed by atoms with van der Waals surface area (Å²) in [7, 11) is -3.12. The first-order valence-corrected chi connectivity index (χ1v) is 11.1. The summed E-state index contributed by atoms with van der Waals surface area (Å²) in [5, 5.41) is 7.09. The van der Waals surface area contributed by atoms with Gasteiger partial charge in [0.1, 0.15) is 12.4 Å². The molecule has 4 heterocycles. The Hall–Kier alpha value is -1.78. The maximum Gasteiger partial charge on any atom is 0.260 e. The van der Waals surface area contributed by atoms with Crippen LogP contribution in [0.4, 0.5) is 14.7 Å². The molecule has 0 radical (unpaired) electrons. The van der Waals surface area contributed by atoms with Crippen LogP contribution in [0.1, 0.15) is 31.7 Å². The van der Waals surface area contributed by atoms with Gasteiger partial charge in [-0.15, -0.1) is 0 Å². The molecule has 1 aromatic heterocycles. The predicted molar refractivity (Wildman–Crippen MR) is 93.2 cm³/mol. The second kappa shape index (κ2) is 6.99. The molecular formula is C16H23F2N5O3S. The third-order valence-corrected chi connectivity index (χ3v) is 7.68. The number of anilines is 1. The van der Waals surface area contributed by atoms with E-state index in [9.17, 15) is 22.0 Å². The van der Waals surface area contributed by atoms with E-state index >= 15 is 0 Å². The number of sulfone groups is 1. The first-order chi connectivity index (χ1) is 12.8. The summed E-state index contributed by atoms with van der Waals surface area (Å²) in [4.78, 5) is 18.5. The Morgan fingerprint density at radius 3 is 2.85 bits per heavy atom. The molecule has 2 fully saturated rings. The quantitative estimate of drug-likeness (QED) is 0.807. The summed E-state index contributed by atoms with van der Waals surface area (Å²) in [5.74, 6) is -0.244. The van der Waals surface area contributed by atoms with Gasteiger partial charge in [-0.1, -0.05) is 0 Å². The van der Waals surface area contributed by atoms with Crippen LogP contribution in [0.5, 0.6) is 0 Å². The van der Waals surface area contributed by atoms with Gasteiger partial charge in [0.15, 0.2) is 9.84 Å². The Morgan fingerprint density at radius 2 is 2.15 bits per heavy atom. The van der Waals surface area contributed by atoms with Crippen molar-refractivity contribution in [1.29, 1.82) is 0 Å². The molecule has 3 aliphatic rings. The molecule has 11 heteroatoms. The number of nitrogens with one attached hydrogen (secondary N) is 1. The monoisotopic (exact) mass is 403 g/mol. The highest BCUT2D eigenvalue weighted by molar-refractivity contribution is 7.91. The lowest BCUT2D eigenvalue weighted by Gasteiger charge is -2.41. The van der Waals surface area contributed by atoms with E-state index in [0.717, 1.165) is 12.8 Å². The summed E-state index contributed by atoms with van der Waals surface area (Å²) in [6, 6.07) is -1.25. The number of hydrogen-bond donors (Lipinski definition) is 1. The zero-order valence-corrected chi connectivity index (χ0v) is 15.6. The minimum Gasteiger partial charge on any atom is -0.351 e. The van der Waals surface area contributed by atoms with Crippen LogP contribution in [0.3, 0.4) is 0 Å². The average Bonchev–Trinajstić information content (AvgIpc) is 3.26. The average molecular weight is 403 g/mol. The molecule has 4 atom stereocenters. The second-order valence-electron chi connectivity index (χ2n) is 7.70. The van der Waals surface area contributed by atoms with Crippen LogP contribution >= 0.6 is 0 Å². The molecule has 3 aliphatic heterocycles. The molecule has 0 aromatic carbocycles. The minimum atomic E-state index is -3.12. The van der Waals surface area contributed by atoms with Crippen molar-refractivity contribution in [2.45, 2.75) is 44.2 Å². The van der Waals surface area contributed by atoms with Gasteiger partial charge in [0.2, 0.25) is 11.9 Å². The Bertz CT molecular complexity index is 815. The number of likely N-dealkylation sites (tertiary alicyclic amines) is 1. The Balaban J connectivity index is 1.45. The van der Waals surface area contributed by atoms with Crippen LogP contribution in [0, 0.1) is 11.8 Å². The highest BCUT2D eigenvalue weighted by Crippen LogP contribution is 2.35. The summed E-state index contributed by atoms with van der Waals surface area (Å²) < 4.78 is 51.5. The molecule has 0 bridgehead atoms. The van der Waals surface area contributed by atoms with Gasteiger partial charge in [-0.3, -0.25) is 4.79 Å². The van der Waals surface area contributed by atoms with E-state index in [2.05, 4.69) is 15.4 Å². The van der Waals surface area contributed by atoms with E-state index in [4.69, 9.17) is 0 Å².